The van der Waals surface area contributed by atoms with Gasteiger partial charge in [-0.25, -0.2) is 14.6 Å². The minimum absolute atomic E-state index is 0.110. The highest BCUT2D eigenvalue weighted by Crippen LogP contribution is 2.19. The first-order chi connectivity index (χ1) is 16.5. The zero-order valence-electron chi connectivity index (χ0n) is 22.2. The second kappa shape index (κ2) is 19.2. The molecule has 0 fully saturated rings. The van der Waals surface area contributed by atoms with Gasteiger partial charge in [-0.1, -0.05) is 103 Å². The molecule has 0 aliphatic rings. The van der Waals surface area contributed by atoms with Crippen molar-refractivity contribution in [3.63, 3.8) is 0 Å². The average molecular weight is 477 g/mol. The number of carbonyl (C=O) groups is 2. The normalized spacial score (nSPS) is 10.8. The van der Waals surface area contributed by atoms with Crippen LogP contribution in [0.1, 0.15) is 131 Å². The fourth-order valence-corrected chi connectivity index (χ4v) is 4.18. The molecule has 0 N–H and O–H groups in total. The second-order valence-corrected chi connectivity index (χ2v) is 9.30. The van der Waals surface area contributed by atoms with E-state index in [1.54, 1.807) is 12.1 Å². The van der Waals surface area contributed by atoms with E-state index in [9.17, 15) is 9.59 Å². The Kier molecular flexibility index (Phi) is 16.9. The zero-order chi connectivity index (χ0) is 25.0. The van der Waals surface area contributed by atoms with E-state index in [-0.39, 0.29) is 11.4 Å². The number of nitrogens with zero attached hydrogens (tertiary/aromatic N) is 2. The number of pyridine rings is 1. The molecule has 0 bridgehead atoms. The number of esters is 2. The highest BCUT2D eigenvalue weighted by molar-refractivity contribution is 5.93. The lowest BCUT2D eigenvalue weighted by molar-refractivity contribution is 0.0586. The molecule has 0 aliphatic heterocycles. The largest absolute Gasteiger partial charge is 0.464 e. The predicted molar refractivity (Wildman–Crippen MR) is 140 cm³/mol. The third kappa shape index (κ3) is 13.0. The molecule has 0 unspecified atom stereocenters. The Morgan fingerprint density at radius 1 is 0.676 bits per heavy atom. The molecule has 0 saturated heterocycles. The molecule has 34 heavy (non-hydrogen) atoms. The molecular formula is C28H48N2O4. The van der Waals surface area contributed by atoms with E-state index in [4.69, 9.17) is 9.47 Å². The predicted octanol–water partition coefficient (Wildman–Crippen LogP) is 7.35. The lowest BCUT2D eigenvalue weighted by Crippen LogP contribution is -2.21. The summed E-state index contributed by atoms with van der Waals surface area (Å²) in [5, 5.41) is 0. The molecule has 0 amide bonds. The van der Waals surface area contributed by atoms with Crippen molar-refractivity contribution in [3.8, 4) is 0 Å². The van der Waals surface area contributed by atoms with E-state index >= 15 is 0 Å². The Bertz CT molecular complexity index is 659. The number of methoxy groups -OCH3 is 2. The number of anilines is 1. The van der Waals surface area contributed by atoms with Crippen LogP contribution >= 0.6 is 0 Å². The molecule has 1 aromatic rings. The van der Waals surface area contributed by atoms with Crippen LogP contribution in [0.15, 0.2) is 12.1 Å². The minimum Gasteiger partial charge on any atom is -0.464 e. The van der Waals surface area contributed by atoms with Crippen LogP contribution in [-0.2, 0) is 9.47 Å². The highest BCUT2D eigenvalue weighted by Gasteiger charge is 2.17. The van der Waals surface area contributed by atoms with Crippen molar-refractivity contribution < 1.29 is 19.1 Å². The third-order valence-corrected chi connectivity index (χ3v) is 6.39. The first-order valence-corrected chi connectivity index (χ1v) is 13.4. The van der Waals surface area contributed by atoms with Gasteiger partial charge < -0.3 is 14.4 Å². The van der Waals surface area contributed by atoms with Gasteiger partial charge in [-0.2, -0.15) is 0 Å². The van der Waals surface area contributed by atoms with Gasteiger partial charge in [-0.05, 0) is 18.6 Å². The van der Waals surface area contributed by atoms with Gasteiger partial charge in [0.25, 0.3) is 0 Å². The van der Waals surface area contributed by atoms with Crippen LogP contribution < -0.4 is 4.90 Å². The summed E-state index contributed by atoms with van der Waals surface area (Å²) in [5.41, 5.74) is 0.982. The molecular weight excluding hydrogens is 428 g/mol. The minimum atomic E-state index is -0.567. The summed E-state index contributed by atoms with van der Waals surface area (Å²) in [4.78, 5) is 29.9. The van der Waals surface area contributed by atoms with Crippen molar-refractivity contribution in [1.82, 2.24) is 4.98 Å². The van der Waals surface area contributed by atoms with Gasteiger partial charge in [0.05, 0.1) is 14.2 Å². The fraction of sp³-hybridized carbons (Fsp3) is 0.750. The van der Waals surface area contributed by atoms with Crippen molar-refractivity contribution in [2.24, 2.45) is 0 Å². The number of unbranched alkanes of at least 4 members (excludes halogenated alkanes) is 15. The van der Waals surface area contributed by atoms with Gasteiger partial charge in [0.15, 0.2) is 11.4 Å². The van der Waals surface area contributed by atoms with Crippen LogP contribution in [0.4, 0.5) is 5.69 Å². The van der Waals surface area contributed by atoms with Crippen LogP contribution in [0.5, 0.6) is 0 Å². The Labute approximate surface area is 207 Å². The molecule has 6 nitrogen and oxygen atoms in total. The molecule has 0 radical (unpaired) electrons. The lowest BCUT2D eigenvalue weighted by Gasteiger charge is -2.20. The topological polar surface area (TPSA) is 68.7 Å². The molecule has 1 aromatic heterocycles. The SMILES string of the molecule is CCCCCCCCCCCCCCCCCCN(C)c1cc(C(=O)OC)nc(C(=O)OC)c1. The molecule has 1 rings (SSSR count). The van der Waals surface area contributed by atoms with Gasteiger partial charge >= 0.3 is 11.9 Å². The number of rotatable bonds is 20. The second-order valence-electron chi connectivity index (χ2n) is 9.30. The maximum absolute atomic E-state index is 11.9. The molecule has 194 valence electrons. The summed E-state index contributed by atoms with van der Waals surface area (Å²) >= 11 is 0. The summed E-state index contributed by atoms with van der Waals surface area (Å²) < 4.78 is 9.52. The molecule has 0 saturated carbocycles. The first-order valence-electron chi connectivity index (χ1n) is 13.4. The molecule has 0 spiro atoms. The number of carbonyl (C=O) groups excluding carboxylic acids is 2. The van der Waals surface area contributed by atoms with Crippen LogP contribution in [-0.4, -0.2) is 44.7 Å². The molecule has 1 heterocycles. The Hall–Kier alpha value is -2.11. The Morgan fingerprint density at radius 2 is 1.03 bits per heavy atom. The van der Waals surface area contributed by atoms with E-state index in [1.807, 2.05) is 11.9 Å². The van der Waals surface area contributed by atoms with Gasteiger partial charge in [0.1, 0.15) is 0 Å². The third-order valence-electron chi connectivity index (χ3n) is 6.39. The summed E-state index contributed by atoms with van der Waals surface area (Å²) in [6.45, 7) is 3.13. The van der Waals surface area contributed by atoms with Crippen LogP contribution in [0.3, 0.4) is 0 Å². The number of aromatic nitrogens is 1. The van der Waals surface area contributed by atoms with Crippen molar-refractivity contribution in [1.29, 1.82) is 0 Å². The van der Waals surface area contributed by atoms with Crippen molar-refractivity contribution in [2.75, 3.05) is 32.7 Å². The van der Waals surface area contributed by atoms with Gasteiger partial charge in [0, 0.05) is 19.3 Å². The molecule has 0 aliphatic carbocycles. The van der Waals surface area contributed by atoms with Crippen LogP contribution in [0.2, 0.25) is 0 Å². The van der Waals surface area contributed by atoms with Gasteiger partial charge in [-0.15, -0.1) is 0 Å². The van der Waals surface area contributed by atoms with E-state index in [0.29, 0.717) is 0 Å². The Morgan fingerprint density at radius 3 is 1.38 bits per heavy atom. The average Bonchev–Trinajstić information content (AvgIpc) is 2.86. The van der Waals surface area contributed by atoms with Gasteiger partial charge in [0.2, 0.25) is 0 Å². The summed E-state index contributed by atoms with van der Waals surface area (Å²) in [6.07, 6.45) is 21.5. The van der Waals surface area contributed by atoms with E-state index < -0.39 is 11.9 Å². The van der Waals surface area contributed by atoms with Crippen LogP contribution in [0.25, 0.3) is 0 Å². The maximum Gasteiger partial charge on any atom is 0.356 e. The molecule has 0 atom stereocenters. The van der Waals surface area contributed by atoms with E-state index in [1.165, 1.54) is 111 Å². The van der Waals surface area contributed by atoms with Gasteiger partial charge in [-0.3, -0.25) is 0 Å². The quantitative estimate of drug-likeness (QED) is 0.145. The first kappa shape index (κ1) is 29.9. The fourth-order valence-electron chi connectivity index (χ4n) is 4.18. The number of hydrogen-bond acceptors (Lipinski definition) is 6. The smallest absolute Gasteiger partial charge is 0.356 e. The highest BCUT2D eigenvalue weighted by atomic mass is 16.5. The number of hydrogen-bond donors (Lipinski definition) is 0. The van der Waals surface area contributed by atoms with E-state index in [2.05, 4.69) is 11.9 Å². The standard InChI is InChI=1S/C28H48N2O4/c1-5-6-7-8-9-10-11-12-13-14-15-16-17-18-19-20-21-30(2)24-22-25(27(31)33-3)29-26(23-24)28(32)34-4/h22-23H,5-21H2,1-4H3. The van der Waals surface area contributed by atoms with Crippen molar-refractivity contribution >= 4 is 17.6 Å². The summed E-state index contributed by atoms with van der Waals surface area (Å²) in [7, 11) is 4.56. The molecule has 0 aromatic carbocycles. The monoisotopic (exact) mass is 476 g/mol. The van der Waals surface area contributed by atoms with E-state index in [0.717, 1.165) is 18.7 Å². The van der Waals surface area contributed by atoms with Crippen molar-refractivity contribution in [3.05, 3.63) is 23.5 Å². The molecule has 6 heteroatoms. The maximum atomic E-state index is 11.9. The lowest BCUT2D eigenvalue weighted by atomic mass is 10.0. The van der Waals surface area contributed by atoms with Crippen LogP contribution in [0, 0.1) is 0 Å². The number of ether oxygens (including phenoxy) is 2. The summed E-state index contributed by atoms with van der Waals surface area (Å²) in [5.74, 6) is -1.13. The summed E-state index contributed by atoms with van der Waals surface area (Å²) in [6, 6.07) is 3.31. The van der Waals surface area contributed by atoms with Crippen molar-refractivity contribution in [2.45, 2.75) is 110 Å². The Balaban J connectivity index is 2.15. The zero-order valence-corrected chi connectivity index (χ0v) is 22.2.